The largest absolute Gasteiger partial charge is 0.462 e. The van der Waals surface area contributed by atoms with Crippen molar-refractivity contribution in [1.82, 2.24) is 4.90 Å². The monoisotopic (exact) mass is 445 g/mol. The maximum Gasteiger partial charge on any atom is 0.336 e. The van der Waals surface area contributed by atoms with Crippen LogP contribution in [-0.4, -0.2) is 23.4 Å². The Balaban J connectivity index is 2.03. The molecule has 0 aromatic heterocycles. The molecule has 0 spiro atoms. The normalized spacial score (nSPS) is 16.9. The van der Waals surface area contributed by atoms with Gasteiger partial charge in [-0.2, -0.15) is 0 Å². The van der Waals surface area contributed by atoms with Crippen LogP contribution in [0.15, 0.2) is 59.8 Å². The van der Waals surface area contributed by atoms with Gasteiger partial charge in [0, 0.05) is 28.1 Å². The van der Waals surface area contributed by atoms with E-state index in [0.717, 1.165) is 11.1 Å². The molecule has 0 unspecified atom stereocenters. The van der Waals surface area contributed by atoms with E-state index in [4.69, 9.17) is 27.9 Å². The summed E-state index contributed by atoms with van der Waals surface area (Å²) < 4.78 is 5.56. The highest BCUT2D eigenvalue weighted by Crippen LogP contribution is 2.40. The quantitative estimate of drug-likeness (QED) is 0.513. The Hall–Kier alpha value is -2.30. The molecule has 1 heterocycles. The molecule has 0 radical (unpaired) electrons. The van der Waals surface area contributed by atoms with Crippen LogP contribution >= 0.6 is 23.2 Å². The number of carbonyl (C=O) groups excluding carboxylic acids is 2. The molecule has 1 aliphatic heterocycles. The standard InChI is InChI=1S/C24H25Cl2NO3/c1-15(2)14-30-24(29)23-16(3)27(13-17-7-6-8-18(25)11-17)22(28)12-20(23)19-9-4-5-10-21(19)26/h4-11,15,20H,12-14H2,1-3H3/t20-/m0/s1. The molecule has 30 heavy (non-hydrogen) atoms. The Kier molecular flexibility index (Phi) is 7.22. The third kappa shape index (κ3) is 5.05. The molecule has 0 saturated heterocycles. The fraction of sp³-hybridized carbons (Fsp3) is 0.333. The van der Waals surface area contributed by atoms with E-state index in [1.54, 1.807) is 24.0 Å². The molecule has 0 saturated carbocycles. The number of esters is 1. The molecule has 0 N–H and O–H groups in total. The number of nitrogens with zero attached hydrogens (tertiary/aromatic N) is 1. The molecular formula is C24H25Cl2NO3. The first-order valence-electron chi connectivity index (χ1n) is 9.95. The van der Waals surface area contributed by atoms with E-state index in [-0.39, 0.29) is 18.2 Å². The van der Waals surface area contributed by atoms with Gasteiger partial charge >= 0.3 is 5.97 Å². The molecule has 2 aromatic carbocycles. The Morgan fingerprint density at radius 1 is 1.17 bits per heavy atom. The number of rotatable bonds is 6. The highest BCUT2D eigenvalue weighted by molar-refractivity contribution is 6.31. The first kappa shape index (κ1) is 22.4. The molecule has 1 aliphatic rings. The van der Waals surface area contributed by atoms with Gasteiger partial charge in [-0.15, -0.1) is 0 Å². The minimum Gasteiger partial charge on any atom is -0.462 e. The number of amides is 1. The van der Waals surface area contributed by atoms with E-state index >= 15 is 0 Å². The zero-order valence-electron chi connectivity index (χ0n) is 17.3. The number of hydrogen-bond donors (Lipinski definition) is 0. The second-order valence-electron chi connectivity index (χ2n) is 7.88. The van der Waals surface area contributed by atoms with Crippen molar-refractivity contribution in [3.05, 3.63) is 81.0 Å². The van der Waals surface area contributed by atoms with Crippen LogP contribution in [0, 0.1) is 5.92 Å². The van der Waals surface area contributed by atoms with Crippen LogP contribution in [-0.2, 0) is 20.9 Å². The summed E-state index contributed by atoms with van der Waals surface area (Å²) in [5.74, 6) is -0.713. The van der Waals surface area contributed by atoms with Crippen LogP contribution in [0.3, 0.4) is 0 Å². The van der Waals surface area contributed by atoms with Crippen molar-refractivity contribution in [2.45, 2.75) is 39.7 Å². The van der Waals surface area contributed by atoms with E-state index < -0.39 is 11.9 Å². The highest BCUT2D eigenvalue weighted by atomic mass is 35.5. The van der Waals surface area contributed by atoms with E-state index in [1.807, 2.05) is 50.2 Å². The lowest BCUT2D eigenvalue weighted by atomic mass is 9.83. The maximum atomic E-state index is 13.1. The Bertz CT molecular complexity index is 984. The van der Waals surface area contributed by atoms with Gasteiger partial charge in [0.15, 0.2) is 0 Å². The molecule has 1 amide bonds. The zero-order chi connectivity index (χ0) is 21.8. The van der Waals surface area contributed by atoms with Gasteiger partial charge in [-0.25, -0.2) is 4.79 Å². The average Bonchev–Trinajstić information content (AvgIpc) is 2.69. The summed E-state index contributed by atoms with van der Waals surface area (Å²) in [4.78, 5) is 27.8. The smallest absolute Gasteiger partial charge is 0.336 e. The minimum atomic E-state index is -0.443. The van der Waals surface area contributed by atoms with Crippen LogP contribution in [0.25, 0.3) is 0 Å². The van der Waals surface area contributed by atoms with Crippen molar-refractivity contribution >= 4 is 35.1 Å². The van der Waals surface area contributed by atoms with Crippen molar-refractivity contribution in [3.63, 3.8) is 0 Å². The lowest BCUT2D eigenvalue weighted by Gasteiger charge is -2.35. The van der Waals surface area contributed by atoms with Gasteiger partial charge in [0.2, 0.25) is 5.91 Å². The van der Waals surface area contributed by atoms with Crippen LogP contribution in [0.2, 0.25) is 10.0 Å². The number of ether oxygens (including phenoxy) is 1. The summed E-state index contributed by atoms with van der Waals surface area (Å²) in [6.45, 7) is 6.40. The Morgan fingerprint density at radius 3 is 2.57 bits per heavy atom. The third-order valence-electron chi connectivity index (χ3n) is 5.10. The average molecular weight is 446 g/mol. The summed E-state index contributed by atoms with van der Waals surface area (Å²) in [7, 11) is 0. The summed E-state index contributed by atoms with van der Waals surface area (Å²) in [6, 6.07) is 14.7. The fourth-order valence-corrected chi connectivity index (χ4v) is 4.11. The summed E-state index contributed by atoms with van der Waals surface area (Å²) in [5, 5.41) is 1.13. The maximum absolute atomic E-state index is 13.1. The van der Waals surface area contributed by atoms with Crippen molar-refractivity contribution in [1.29, 1.82) is 0 Å². The molecule has 0 bridgehead atoms. The summed E-state index contributed by atoms with van der Waals surface area (Å²) >= 11 is 12.5. The number of carbonyl (C=O) groups is 2. The predicted molar refractivity (Wildman–Crippen MR) is 119 cm³/mol. The Labute approximate surface area is 187 Å². The third-order valence-corrected chi connectivity index (χ3v) is 5.68. The molecule has 158 valence electrons. The number of halogens is 2. The van der Waals surface area contributed by atoms with Crippen LogP contribution in [0.4, 0.5) is 0 Å². The van der Waals surface area contributed by atoms with Gasteiger partial charge in [0.1, 0.15) is 0 Å². The SMILES string of the molecule is CC1=C(C(=O)OCC(C)C)[C@H](c2ccccc2Cl)CC(=O)N1Cc1cccc(Cl)c1. The van der Waals surface area contributed by atoms with Crippen LogP contribution in [0.1, 0.15) is 44.2 Å². The van der Waals surface area contributed by atoms with Crippen LogP contribution in [0.5, 0.6) is 0 Å². The van der Waals surface area contributed by atoms with Crippen LogP contribution < -0.4 is 0 Å². The predicted octanol–water partition coefficient (Wildman–Crippen LogP) is 5.98. The van der Waals surface area contributed by atoms with Gasteiger partial charge < -0.3 is 9.64 Å². The molecule has 2 aromatic rings. The van der Waals surface area contributed by atoms with E-state index in [2.05, 4.69) is 0 Å². The number of allylic oxidation sites excluding steroid dienone is 1. The lowest BCUT2D eigenvalue weighted by Crippen LogP contribution is -2.38. The van der Waals surface area contributed by atoms with Gasteiger partial charge in [-0.3, -0.25) is 4.79 Å². The van der Waals surface area contributed by atoms with Gasteiger partial charge in [0.05, 0.1) is 18.7 Å². The molecule has 4 nitrogen and oxygen atoms in total. The lowest BCUT2D eigenvalue weighted by molar-refractivity contribution is -0.141. The minimum absolute atomic E-state index is 0.0715. The molecule has 6 heteroatoms. The van der Waals surface area contributed by atoms with Gasteiger partial charge in [-0.1, -0.05) is 67.4 Å². The second kappa shape index (κ2) is 9.67. The van der Waals surface area contributed by atoms with Gasteiger partial charge in [-0.05, 0) is 42.2 Å². The van der Waals surface area contributed by atoms with E-state index in [1.165, 1.54) is 0 Å². The van der Waals surface area contributed by atoms with Crippen molar-refractivity contribution in [3.8, 4) is 0 Å². The van der Waals surface area contributed by atoms with Crippen molar-refractivity contribution in [2.75, 3.05) is 6.61 Å². The molecule has 0 aliphatic carbocycles. The van der Waals surface area contributed by atoms with Crippen molar-refractivity contribution < 1.29 is 14.3 Å². The molecular weight excluding hydrogens is 421 g/mol. The van der Waals surface area contributed by atoms with Gasteiger partial charge in [0.25, 0.3) is 0 Å². The molecule has 3 rings (SSSR count). The summed E-state index contributed by atoms with van der Waals surface area (Å²) in [5.41, 5.74) is 2.71. The zero-order valence-corrected chi connectivity index (χ0v) is 18.8. The molecule has 1 atom stereocenters. The van der Waals surface area contributed by atoms with Crippen molar-refractivity contribution in [2.24, 2.45) is 5.92 Å². The summed E-state index contributed by atoms with van der Waals surface area (Å²) in [6.07, 6.45) is 0.147. The first-order chi connectivity index (χ1) is 14.3. The number of hydrogen-bond acceptors (Lipinski definition) is 3. The van der Waals surface area contributed by atoms with E-state index in [9.17, 15) is 9.59 Å². The number of benzene rings is 2. The fourth-order valence-electron chi connectivity index (χ4n) is 3.63. The highest BCUT2D eigenvalue weighted by Gasteiger charge is 2.37. The topological polar surface area (TPSA) is 46.6 Å². The molecule has 0 fully saturated rings. The first-order valence-corrected chi connectivity index (χ1v) is 10.7. The Morgan fingerprint density at radius 2 is 1.90 bits per heavy atom. The van der Waals surface area contributed by atoms with E-state index in [0.29, 0.717) is 34.5 Å². The second-order valence-corrected chi connectivity index (χ2v) is 8.72.